The summed E-state index contributed by atoms with van der Waals surface area (Å²) in [5.41, 5.74) is 2.40. The number of nitriles is 1. The molecule has 0 spiro atoms. The topological polar surface area (TPSA) is 77.8 Å². The van der Waals surface area contributed by atoms with Crippen molar-refractivity contribution in [3.8, 4) is 6.07 Å². The van der Waals surface area contributed by atoms with E-state index in [-0.39, 0.29) is 5.91 Å². The van der Waals surface area contributed by atoms with Crippen molar-refractivity contribution in [3.05, 3.63) is 53.9 Å². The van der Waals surface area contributed by atoms with Crippen molar-refractivity contribution in [2.45, 2.75) is 19.8 Å². The highest BCUT2D eigenvalue weighted by Gasteiger charge is 2.07. The van der Waals surface area contributed by atoms with Crippen LogP contribution in [0.25, 0.3) is 0 Å². The van der Waals surface area contributed by atoms with Crippen LogP contribution < -0.4 is 10.6 Å². The van der Waals surface area contributed by atoms with Crippen LogP contribution in [0.3, 0.4) is 0 Å². The highest BCUT2D eigenvalue weighted by molar-refractivity contribution is 5.94. The van der Waals surface area contributed by atoms with Gasteiger partial charge in [0.05, 0.1) is 28.7 Å². The van der Waals surface area contributed by atoms with E-state index in [1.807, 2.05) is 12.1 Å². The van der Waals surface area contributed by atoms with E-state index in [4.69, 9.17) is 5.26 Å². The van der Waals surface area contributed by atoms with Crippen LogP contribution in [0, 0.1) is 11.3 Å². The minimum Gasteiger partial charge on any atom is -0.353 e. The molecule has 0 saturated carbocycles. The van der Waals surface area contributed by atoms with Crippen molar-refractivity contribution in [1.29, 1.82) is 5.26 Å². The second kappa shape index (κ2) is 7.79. The second-order valence-electron chi connectivity index (χ2n) is 4.85. The molecule has 0 radical (unpaired) electrons. The molecule has 0 fully saturated rings. The molecule has 0 unspecified atom stereocenters. The van der Waals surface area contributed by atoms with Crippen LogP contribution >= 0.6 is 0 Å². The van der Waals surface area contributed by atoms with Crippen molar-refractivity contribution in [2.75, 3.05) is 11.9 Å². The van der Waals surface area contributed by atoms with Gasteiger partial charge < -0.3 is 10.6 Å². The lowest BCUT2D eigenvalue weighted by Crippen LogP contribution is -2.24. The average Bonchev–Trinajstić information content (AvgIpc) is 2.56. The molecule has 2 rings (SSSR count). The van der Waals surface area contributed by atoms with Gasteiger partial charge in [-0.1, -0.05) is 25.5 Å². The summed E-state index contributed by atoms with van der Waals surface area (Å²) in [4.78, 5) is 16.1. The van der Waals surface area contributed by atoms with E-state index in [1.165, 1.54) is 6.20 Å². The molecular formula is C17H18N4O. The first-order valence-corrected chi connectivity index (χ1v) is 7.24. The van der Waals surface area contributed by atoms with Crippen LogP contribution in [0.15, 0.2) is 42.7 Å². The predicted molar refractivity (Wildman–Crippen MR) is 85.9 cm³/mol. The number of nitrogens with zero attached hydrogens (tertiary/aromatic N) is 2. The Kier molecular flexibility index (Phi) is 5.50. The minimum atomic E-state index is -0.141. The Morgan fingerprint density at radius 3 is 2.91 bits per heavy atom. The Balaban J connectivity index is 2.12. The zero-order valence-electron chi connectivity index (χ0n) is 12.5. The average molecular weight is 294 g/mol. The molecule has 22 heavy (non-hydrogen) atoms. The predicted octanol–water partition coefficient (Wildman–Crippen LogP) is 3.23. The summed E-state index contributed by atoms with van der Waals surface area (Å²) >= 11 is 0. The maximum absolute atomic E-state index is 12.0. The third-order valence-corrected chi connectivity index (χ3v) is 3.14. The lowest BCUT2D eigenvalue weighted by atomic mass is 10.2. The number of benzene rings is 1. The summed E-state index contributed by atoms with van der Waals surface area (Å²) in [6, 6.07) is 11.0. The first-order chi connectivity index (χ1) is 10.7. The summed E-state index contributed by atoms with van der Waals surface area (Å²) in [7, 11) is 0. The van der Waals surface area contributed by atoms with Crippen molar-refractivity contribution in [2.24, 2.45) is 0 Å². The number of para-hydroxylation sites is 1. The van der Waals surface area contributed by atoms with E-state index in [0.717, 1.165) is 12.8 Å². The largest absolute Gasteiger partial charge is 0.353 e. The third kappa shape index (κ3) is 4.06. The highest BCUT2D eigenvalue weighted by Crippen LogP contribution is 2.20. The summed E-state index contributed by atoms with van der Waals surface area (Å²) < 4.78 is 0. The zero-order valence-corrected chi connectivity index (χ0v) is 12.5. The Bertz CT molecular complexity index is 691. The van der Waals surface area contributed by atoms with Gasteiger partial charge in [-0.2, -0.15) is 5.26 Å². The summed E-state index contributed by atoms with van der Waals surface area (Å²) in [6.45, 7) is 2.73. The molecule has 0 aliphatic heterocycles. The molecular weight excluding hydrogens is 276 g/mol. The quantitative estimate of drug-likeness (QED) is 0.802. The lowest BCUT2D eigenvalue weighted by Gasteiger charge is -2.09. The van der Waals surface area contributed by atoms with E-state index in [0.29, 0.717) is 29.0 Å². The van der Waals surface area contributed by atoms with Gasteiger partial charge in [0.1, 0.15) is 6.07 Å². The molecule has 1 aromatic carbocycles. The fourth-order valence-corrected chi connectivity index (χ4v) is 1.96. The van der Waals surface area contributed by atoms with Gasteiger partial charge in [0.15, 0.2) is 0 Å². The fourth-order valence-electron chi connectivity index (χ4n) is 1.96. The van der Waals surface area contributed by atoms with Gasteiger partial charge in [0, 0.05) is 12.7 Å². The van der Waals surface area contributed by atoms with Gasteiger partial charge in [0.25, 0.3) is 5.91 Å². The fraction of sp³-hybridized carbons (Fsp3) is 0.235. The molecule has 0 atom stereocenters. The summed E-state index contributed by atoms with van der Waals surface area (Å²) in [5, 5.41) is 15.1. The van der Waals surface area contributed by atoms with Gasteiger partial charge in [0.2, 0.25) is 0 Å². The van der Waals surface area contributed by atoms with Crippen LogP contribution in [0.5, 0.6) is 0 Å². The normalized spacial score (nSPS) is 9.82. The molecule has 5 nitrogen and oxygen atoms in total. The molecule has 0 saturated heterocycles. The number of carbonyl (C=O) groups excluding carboxylic acids is 1. The van der Waals surface area contributed by atoms with E-state index < -0.39 is 0 Å². The number of aromatic nitrogens is 1. The number of unbranched alkanes of at least 4 members (excludes halogenated alkanes) is 1. The number of hydrogen-bond donors (Lipinski definition) is 2. The Labute approximate surface area is 130 Å². The molecule has 2 N–H and O–H groups in total. The van der Waals surface area contributed by atoms with Crippen molar-refractivity contribution in [1.82, 2.24) is 10.3 Å². The molecule has 5 heteroatoms. The van der Waals surface area contributed by atoms with Gasteiger partial charge in [-0.25, -0.2) is 0 Å². The van der Waals surface area contributed by atoms with Crippen LogP contribution in [0.1, 0.15) is 35.7 Å². The van der Waals surface area contributed by atoms with Crippen molar-refractivity contribution < 1.29 is 4.79 Å². The van der Waals surface area contributed by atoms with Crippen molar-refractivity contribution >= 4 is 17.3 Å². The van der Waals surface area contributed by atoms with Crippen LogP contribution in [-0.2, 0) is 0 Å². The maximum atomic E-state index is 12.0. The molecule has 112 valence electrons. The number of anilines is 2. The van der Waals surface area contributed by atoms with E-state index in [1.54, 1.807) is 24.4 Å². The number of nitrogens with one attached hydrogen (secondary N) is 2. The molecule has 1 amide bonds. The molecule has 0 aliphatic rings. The number of hydrogen-bond acceptors (Lipinski definition) is 4. The lowest BCUT2D eigenvalue weighted by molar-refractivity contribution is 0.0953. The van der Waals surface area contributed by atoms with Gasteiger partial charge in [-0.3, -0.25) is 9.78 Å². The third-order valence-electron chi connectivity index (χ3n) is 3.14. The molecule has 0 bridgehead atoms. The number of carbonyl (C=O) groups is 1. The maximum Gasteiger partial charge on any atom is 0.252 e. The SMILES string of the molecule is CCCCNC(=O)c1cncc(Nc2ccccc2C#N)c1. The molecule has 2 aromatic rings. The van der Waals surface area contributed by atoms with Crippen molar-refractivity contribution in [3.63, 3.8) is 0 Å². The van der Waals surface area contributed by atoms with E-state index >= 15 is 0 Å². The molecule has 0 aliphatic carbocycles. The second-order valence-corrected chi connectivity index (χ2v) is 4.85. The summed E-state index contributed by atoms with van der Waals surface area (Å²) in [5.74, 6) is -0.141. The highest BCUT2D eigenvalue weighted by atomic mass is 16.1. The van der Waals surface area contributed by atoms with E-state index in [9.17, 15) is 4.79 Å². The Morgan fingerprint density at radius 1 is 1.32 bits per heavy atom. The van der Waals surface area contributed by atoms with Crippen LogP contribution in [-0.4, -0.2) is 17.4 Å². The monoisotopic (exact) mass is 294 g/mol. The number of rotatable bonds is 6. The van der Waals surface area contributed by atoms with Crippen LogP contribution in [0.2, 0.25) is 0 Å². The number of amides is 1. The Morgan fingerprint density at radius 2 is 2.14 bits per heavy atom. The van der Waals surface area contributed by atoms with Gasteiger partial charge in [-0.05, 0) is 24.6 Å². The summed E-state index contributed by atoms with van der Waals surface area (Å²) in [6.07, 6.45) is 5.14. The standard InChI is InChI=1S/C17H18N4O/c1-2-3-8-20-17(22)14-9-15(12-19-11-14)21-16-7-5-4-6-13(16)10-18/h4-7,9,11-12,21H,2-3,8H2,1H3,(H,20,22). The van der Waals surface area contributed by atoms with Gasteiger partial charge in [-0.15, -0.1) is 0 Å². The van der Waals surface area contributed by atoms with E-state index in [2.05, 4.69) is 28.6 Å². The van der Waals surface area contributed by atoms with Gasteiger partial charge >= 0.3 is 0 Å². The minimum absolute atomic E-state index is 0.141. The molecule has 1 aromatic heterocycles. The number of pyridine rings is 1. The Hall–Kier alpha value is -2.87. The smallest absolute Gasteiger partial charge is 0.252 e. The van der Waals surface area contributed by atoms with Crippen LogP contribution in [0.4, 0.5) is 11.4 Å². The first kappa shape index (κ1) is 15.5. The first-order valence-electron chi connectivity index (χ1n) is 7.24. The molecule has 1 heterocycles. The zero-order chi connectivity index (χ0) is 15.8.